The maximum atomic E-state index is 13.1. The number of hydrogen-bond acceptors (Lipinski definition) is 7. The van der Waals surface area contributed by atoms with Gasteiger partial charge in [0.25, 0.3) is 0 Å². The van der Waals surface area contributed by atoms with E-state index in [1.165, 1.54) is 11.8 Å². The number of carbonyl (C=O) groups excluding carboxylic acids is 1. The number of amides is 1. The zero-order chi connectivity index (χ0) is 22.8. The highest BCUT2D eigenvalue weighted by Gasteiger charge is 2.31. The van der Waals surface area contributed by atoms with Crippen LogP contribution in [0.1, 0.15) is 24.4 Å². The molecule has 3 heterocycles. The molecule has 1 unspecified atom stereocenters. The van der Waals surface area contributed by atoms with E-state index in [0.717, 1.165) is 53.6 Å². The van der Waals surface area contributed by atoms with E-state index in [2.05, 4.69) is 10.2 Å². The molecule has 1 aromatic heterocycles. The van der Waals surface area contributed by atoms with Crippen molar-refractivity contribution in [1.29, 1.82) is 0 Å². The highest BCUT2D eigenvalue weighted by Crippen LogP contribution is 2.38. The summed E-state index contributed by atoms with van der Waals surface area (Å²) in [5.74, 6) is 3.49. The lowest BCUT2D eigenvalue weighted by Crippen LogP contribution is -2.32. The minimum atomic E-state index is 0.0586. The molecule has 172 valence electrons. The number of methoxy groups -OCH3 is 1. The van der Waals surface area contributed by atoms with Gasteiger partial charge in [0, 0.05) is 19.2 Å². The van der Waals surface area contributed by atoms with Crippen LogP contribution in [0.3, 0.4) is 0 Å². The summed E-state index contributed by atoms with van der Waals surface area (Å²) in [5, 5.41) is 9.34. The number of benzene rings is 2. The Morgan fingerprint density at radius 3 is 2.70 bits per heavy atom. The van der Waals surface area contributed by atoms with Crippen molar-refractivity contribution in [3.8, 4) is 28.6 Å². The highest BCUT2D eigenvalue weighted by atomic mass is 32.2. The molecule has 33 heavy (non-hydrogen) atoms. The Morgan fingerprint density at radius 2 is 1.91 bits per heavy atom. The minimum Gasteiger partial charge on any atom is -0.497 e. The number of carbonyl (C=O) groups is 1. The van der Waals surface area contributed by atoms with E-state index in [4.69, 9.17) is 14.2 Å². The van der Waals surface area contributed by atoms with Crippen molar-refractivity contribution >= 4 is 17.7 Å². The van der Waals surface area contributed by atoms with E-state index in [-0.39, 0.29) is 11.9 Å². The molecule has 0 bridgehead atoms. The second-order valence-corrected chi connectivity index (χ2v) is 8.97. The van der Waals surface area contributed by atoms with Gasteiger partial charge in [0.05, 0.1) is 18.9 Å². The summed E-state index contributed by atoms with van der Waals surface area (Å²) < 4.78 is 18.5. The third-order valence-corrected chi connectivity index (χ3v) is 7.04. The number of aromatic nitrogens is 3. The molecular formula is C24H26N4O4S. The normalized spacial score (nSPS) is 17.3. The van der Waals surface area contributed by atoms with Crippen molar-refractivity contribution in [2.24, 2.45) is 7.05 Å². The van der Waals surface area contributed by atoms with E-state index >= 15 is 0 Å². The Morgan fingerprint density at radius 1 is 1.12 bits per heavy atom. The van der Waals surface area contributed by atoms with Gasteiger partial charge in [0.1, 0.15) is 19.0 Å². The second kappa shape index (κ2) is 9.35. The van der Waals surface area contributed by atoms with Crippen molar-refractivity contribution in [3.05, 3.63) is 48.0 Å². The number of rotatable bonds is 6. The molecule has 5 rings (SSSR count). The Balaban J connectivity index is 1.26. The average molecular weight is 467 g/mol. The van der Waals surface area contributed by atoms with Crippen molar-refractivity contribution in [1.82, 2.24) is 19.7 Å². The van der Waals surface area contributed by atoms with Gasteiger partial charge in [-0.2, -0.15) is 0 Å². The van der Waals surface area contributed by atoms with Gasteiger partial charge in [0.2, 0.25) is 5.91 Å². The topological polar surface area (TPSA) is 78.7 Å². The fraction of sp³-hybridized carbons (Fsp3) is 0.375. The minimum absolute atomic E-state index is 0.0586. The van der Waals surface area contributed by atoms with Gasteiger partial charge < -0.3 is 23.7 Å². The quantitative estimate of drug-likeness (QED) is 0.513. The number of fused-ring (bicyclic) bond motifs is 1. The predicted molar refractivity (Wildman–Crippen MR) is 125 cm³/mol. The van der Waals surface area contributed by atoms with E-state index in [9.17, 15) is 4.79 Å². The van der Waals surface area contributed by atoms with E-state index in [1.54, 1.807) is 7.11 Å². The largest absolute Gasteiger partial charge is 0.497 e. The SMILES string of the molecule is COc1ccc(-c2nnc(SCC(=O)N3CCCC3c3ccc4c(c3)OCCO4)n2C)cc1. The van der Waals surface area contributed by atoms with Crippen LogP contribution in [-0.2, 0) is 11.8 Å². The molecule has 0 N–H and O–H groups in total. The van der Waals surface area contributed by atoms with Crippen molar-refractivity contribution in [2.75, 3.05) is 32.6 Å². The van der Waals surface area contributed by atoms with Gasteiger partial charge in [-0.15, -0.1) is 10.2 Å². The molecule has 1 atom stereocenters. The van der Waals surface area contributed by atoms with Crippen LogP contribution in [-0.4, -0.2) is 58.2 Å². The fourth-order valence-electron chi connectivity index (χ4n) is 4.32. The smallest absolute Gasteiger partial charge is 0.233 e. The lowest BCUT2D eigenvalue weighted by molar-refractivity contribution is -0.129. The van der Waals surface area contributed by atoms with Crippen LogP contribution < -0.4 is 14.2 Å². The monoisotopic (exact) mass is 466 g/mol. The number of ether oxygens (including phenoxy) is 3. The third-order valence-electron chi connectivity index (χ3n) is 6.03. The molecule has 0 aliphatic carbocycles. The van der Waals surface area contributed by atoms with Crippen molar-refractivity contribution in [2.45, 2.75) is 24.0 Å². The maximum absolute atomic E-state index is 13.1. The molecule has 0 saturated carbocycles. The first-order valence-corrected chi connectivity index (χ1v) is 12.0. The number of hydrogen-bond donors (Lipinski definition) is 0. The molecular weight excluding hydrogens is 440 g/mol. The predicted octanol–water partition coefficient (Wildman–Crippen LogP) is 3.72. The van der Waals surface area contributed by atoms with Crippen LogP contribution in [0.5, 0.6) is 17.2 Å². The highest BCUT2D eigenvalue weighted by molar-refractivity contribution is 7.99. The molecule has 2 aromatic carbocycles. The summed E-state index contributed by atoms with van der Waals surface area (Å²) in [6.07, 6.45) is 1.93. The second-order valence-electron chi connectivity index (χ2n) is 8.03. The molecule has 0 radical (unpaired) electrons. The van der Waals surface area contributed by atoms with Gasteiger partial charge in [-0.1, -0.05) is 17.8 Å². The Labute approximate surface area is 196 Å². The molecule has 0 spiro atoms. The lowest BCUT2D eigenvalue weighted by atomic mass is 10.0. The summed E-state index contributed by atoms with van der Waals surface area (Å²) in [4.78, 5) is 15.1. The number of likely N-dealkylation sites (tertiary alicyclic amines) is 1. The third kappa shape index (κ3) is 4.37. The summed E-state index contributed by atoms with van der Waals surface area (Å²) in [5.41, 5.74) is 2.04. The number of nitrogens with zero attached hydrogens (tertiary/aromatic N) is 4. The van der Waals surface area contributed by atoms with Gasteiger partial charge in [-0.3, -0.25) is 4.79 Å². The first-order chi connectivity index (χ1) is 16.1. The molecule has 1 amide bonds. The maximum Gasteiger partial charge on any atom is 0.233 e. The van der Waals surface area contributed by atoms with Crippen LogP contribution in [0.25, 0.3) is 11.4 Å². The van der Waals surface area contributed by atoms with Gasteiger partial charge in [-0.05, 0) is 54.8 Å². The van der Waals surface area contributed by atoms with Crippen molar-refractivity contribution < 1.29 is 19.0 Å². The van der Waals surface area contributed by atoms with Crippen LogP contribution >= 0.6 is 11.8 Å². The molecule has 1 fully saturated rings. The Hall–Kier alpha value is -3.20. The van der Waals surface area contributed by atoms with Gasteiger partial charge in [-0.25, -0.2) is 0 Å². The Kier molecular flexibility index (Phi) is 6.13. The lowest BCUT2D eigenvalue weighted by Gasteiger charge is -2.26. The van der Waals surface area contributed by atoms with Crippen molar-refractivity contribution in [3.63, 3.8) is 0 Å². The first kappa shape index (κ1) is 21.6. The van der Waals surface area contributed by atoms with Crippen LogP contribution in [0.2, 0.25) is 0 Å². The van der Waals surface area contributed by atoms with E-state index in [1.807, 2.05) is 59.0 Å². The van der Waals surface area contributed by atoms with Gasteiger partial charge >= 0.3 is 0 Å². The summed E-state index contributed by atoms with van der Waals surface area (Å²) in [6.45, 7) is 1.88. The van der Waals surface area contributed by atoms with Gasteiger partial charge in [0.15, 0.2) is 22.5 Å². The summed E-state index contributed by atoms with van der Waals surface area (Å²) in [6, 6.07) is 13.7. The average Bonchev–Trinajstić information content (AvgIpc) is 3.49. The molecule has 2 aliphatic heterocycles. The first-order valence-electron chi connectivity index (χ1n) is 11.0. The molecule has 8 nitrogen and oxygen atoms in total. The fourth-order valence-corrected chi connectivity index (χ4v) is 5.12. The standard InChI is InChI=1S/C24H26N4O4S/c1-27-23(16-5-8-18(30-2)9-6-16)25-26-24(27)33-15-22(29)28-11-3-4-19(28)17-7-10-20-21(14-17)32-13-12-31-20/h5-10,14,19H,3-4,11-13,15H2,1-2H3. The van der Waals surface area contributed by atoms with Crippen LogP contribution in [0.15, 0.2) is 47.6 Å². The van der Waals surface area contributed by atoms with E-state index in [0.29, 0.717) is 24.1 Å². The Bertz CT molecular complexity index is 1150. The van der Waals surface area contributed by atoms with E-state index < -0.39 is 0 Å². The molecule has 1 saturated heterocycles. The molecule has 2 aliphatic rings. The van der Waals surface area contributed by atoms with Crippen LogP contribution in [0.4, 0.5) is 0 Å². The molecule has 9 heteroatoms. The van der Waals surface area contributed by atoms with Crippen LogP contribution in [0, 0.1) is 0 Å². The zero-order valence-corrected chi connectivity index (χ0v) is 19.5. The zero-order valence-electron chi connectivity index (χ0n) is 18.7. The summed E-state index contributed by atoms with van der Waals surface area (Å²) in [7, 11) is 3.56. The molecule has 3 aromatic rings. The summed E-state index contributed by atoms with van der Waals surface area (Å²) >= 11 is 1.41. The number of thioether (sulfide) groups is 1.